The molecule has 6 atom stereocenters. The number of ether oxygens (including phenoxy) is 4. The molecule has 1 fully saturated rings. The number of carbonyl (C=O) groups is 1. The highest BCUT2D eigenvalue weighted by atomic mass is 16.7. The average Bonchev–Trinajstić information content (AvgIpc) is 2.91. The SMILES string of the molecule is CCCC/C=C\CCCCCCCCOCC(COC1OC(CO)C(O)C(O)C1O)OC(=O)CCCCC. The lowest BCUT2D eigenvalue weighted by molar-refractivity contribution is -0.305. The van der Waals surface area contributed by atoms with Gasteiger partial charge in [0.25, 0.3) is 0 Å². The largest absolute Gasteiger partial charge is 0.457 e. The fraction of sp³-hybridized carbons (Fsp3) is 0.897. The van der Waals surface area contributed by atoms with Gasteiger partial charge in [0.05, 0.1) is 19.8 Å². The fourth-order valence-electron chi connectivity index (χ4n) is 4.23. The number of unbranched alkanes of at least 4 members (excludes halogenated alkanes) is 10. The number of rotatable bonds is 23. The Balaban J connectivity index is 2.33. The summed E-state index contributed by atoms with van der Waals surface area (Å²) in [7, 11) is 0. The molecule has 1 aliphatic rings. The highest BCUT2D eigenvalue weighted by Crippen LogP contribution is 2.22. The summed E-state index contributed by atoms with van der Waals surface area (Å²) >= 11 is 0. The molecule has 0 aromatic carbocycles. The van der Waals surface area contributed by atoms with Gasteiger partial charge in [-0.05, 0) is 32.1 Å². The summed E-state index contributed by atoms with van der Waals surface area (Å²) in [6.45, 7) is 4.30. The molecule has 6 unspecified atom stereocenters. The number of hydrogen-bond acceptors (Lipinski definition) is 9. The molecule has 0 aromatic rings. The van der Waals surface area contributed by atoms with Gasteiger partial charge in [0, 0.05) is 13.0 Å². The van der Waals surface area contributed by atoms with Crippen LogP contribution in [0.25, 0.3) is 0 Å². The molecular weight excluding hydrogens is 492 g/mol. The van der Waals surface area contributed by atoms with Gasteiger partial charge in [-0.3, -0.25) is 4.79 Å². The number of allylic oxidation sites excluding steroid dienone is 2. The molecule has 0 spiro atoms. The van der Waals surface area contributed by atoms with Crippen LogP contribution in [0.3, 0.4) is 0 Å². The van der Waals surface area contributed by atoms with Crippen LogP contribution in [0.5, 0.6) is 0 Å². The van der Waals surface area contributed by atoms with Crippen LogP contribution >= 0.6 is 0 Å². The van der Waals surface area contributed by atoms with Crippen molar-refractivity contribution in [2.75, 3.05) is 26.4 Å². The Morgan fingerprint density at radius 2 is 1.47 bits per heavy atom. The molecular formula is C29H54O9. The highest BCUT2D eigenvalue weighted by Gasteiger charge is 2.44. The second-order valence-electron chi connectivity index (χ2n) is 10.2. The smallest absolute Gasteiger partial charge is 0.306 e. The molecule has 0 saturated carbocycles. The van der Waals surface area contributed by atoms with E-state index in [9.17, 15) is 25.2 Å². The number of aliphatic hydroxyl groups is 4. The first-order chi connectivity index (χ1) is 18.4. The van der Waals surface area contributed by atoms with Gasteiger partial charge in [-0.1, -0.05) is 77.4 Å². The molecule has 9 heteroatoms. The minimum atomic E-state index is -1.53. The van der Waals surface area contributed by atoms with Crippen molar-refractivity contribution in [3.8, 4) is 0 Å². The number of aliphatic hydroxyl groups excluding tert-OH is 4. The Bertz CT molecular complexity index is 599. The quantitative estimate of drug-likeness (QED) is 0.0857. The van der Waals surface area contributed by atoms with Crippen molar-refractivity contribution in [2.24, 2.45) is 0 Å². The molecule has 0 aromatic heterocycles. The lowest BCUT2D eigenvalue weighted by Crippen LogP contribution is -2.59. The molecule has 1 heterocycles. The van der Waals surface area contributed by atoms with Gasteiger partial charge < -0.3 is 39.4 Å². The van der Waals surface area contributed by atoms with Crippen LogP contribution in [0.2, 0.25) is 0 Å². The van der Waals surface area contributed by atoms with Crippen LogP contribution in [-0.2, 0) is 23.7 Å². The van der Waals surface area contributed by atoms with Gasteiger partial charge in [-0.25, -0.2) is 0 Å². The first kappa shape index (κ1) is 35.0. The summed E-state index contributed by atoms with van der Waals surface area (Å²) in [5, 5.41) is 39.4. The summed E-state index contributed by atoms with van der Waals surface area (Å²) in [5.41, 5.74) is 0. The minimum Gasteiger partial charge on any atom is -0.457 e. The van der Waals surface area contributed by atoms with Gasteiger partial charge in [0.15, 0.2) is 6.29 Å². The average molecular weight is 547 g/mol. The number of carbonyl (C=O) groups excluding carboxylic acids is 1. The predicted octanol–water partition coefficient (Wildman–Crippen LogP) is 3.79. The van der Waals surface area contributed by atoms with Crippen LogP contribution in [0.4, 0.5) is 0 Å². The van der Waals surface area contributed by atoms with Crippen molar-refractivity contribution in [1.82, 2.24) is 0 Å². The Labute approximate surface area is 229 Å². The molecule has 224 valence electrons. The first-order valence-corrected chi connectivity index (χ1v) is 14.8. The molecule has 1 rings (SSSR count). The van der Waals surface area contributed by atoms with E-state index in [4.69, 9.17) is 18.9 Å². The van der Waals surface area contributed by atoms with Gasteiger partial charge in [-0.15, -0.1) is 0 Å². The van der Waals surface area contributed by atoms with Gasteiger partial charge in [0.1, 0.15) is 30.5 Å². The van der Waals surface area contributed by atoms with Crippen molar-refractivity contribution in [2.45, 2.75) is 141 Å². The molecule has 4 N–H and O–H groups in total. The van der Waals surface area contributed by atoms with Crippen molar-refractivity contribution < 1.29 is 44.2 Å². The zero-order valence-corrected chi connectivity index (χ0v) is 23.7. The Hall–Kier alpha value is -1.07. The second kappa shape index (κ2) is 22.7. The Kier molecular flexibility index (Phi) is 20.9. The van der Waals surface area contributed by atoms with Gasteiger partial charge >= 0.3 is 5.97 Å². The van der Waals surface area contributed by atoms with E-state index in [0.29, 0.717) is 13.0 Å². The normalized spacial score (nSPS) is 24.6. The maximum absolute atomic E-state index is 12.3. The molecule has 0 radical (unpaired) electrons. The molecule has 1 aliphatic heterocycles. The van der Waals surface area contributed by atoms with Crippen molar-refractivity contribution in [3.63, 3.8) is 0 Å². The third kappa shape index (κ3) is 15.5. The van der Waals surface area contributed by atoms with E-state index in [1.807, 2.05) is 0 Å². The summed E-state index contributed by atoms with van der Waals surface area (Å²) in [6, 6.07) is 0. The van der Waals surface area contributed by atoms with E-state index >= 15 is 0 Å². The topological polar surface area (TPSA) is 135 Å². The van der Waals surface area contributed by atoms with E-state index in [0.717, 1.165) is 38.5 Å². The third-order valence-corrected chi connectivity index (χ3v) is 6.68. The molecule has 0 bridgehead atoms. The first-order valence-electron chi connectivity index (χ1n) is 14.8. The van der Waals surface area contributed by atoms with E-state index in [1.165, 1.54) is 44.9 Å². The summed E-state index contributed by atoms with van der Waals surface area (Å²) < 4.78 is 22.3. The van der Waals surface area contributed by atoms with Crippen LogP contribution in [0.15, 0.2) is 12.2 Å². The number of esters is 1. The van der Waals surface area contributed by atoms with E-state index in [1.54, 1.807) is 0 Å². The van der Waals surface area contributed by atoms with Crippen molar-refractivity contribution in [3.05, 3.63) is 12.2 Å². The predicted molar refractivity (Wildman–Crippen MR) is 146 cm³/mol. The zero-order valence-electron chi connectivity index (χ0n) is 23.7. The maximum Gasteiger partial charge on any atom is 0.306 e. The summed E-state index contributed by atoms with van der Waals surface area (Å²) in [5.74, 6) is -0.343. The molecule has 1 saturated heterocycles. The second-order valence-corrected chi connectivity index (χ2v) is 10.2. The molecule has 9 nitrogen and oxygen atoms in total. The molecule has 38 heavy (non-hydrogen) atoms. The molecule has 0 aliphatic carbocycles. The van der Waals surface area contributed by atoms with Gasteiger partial charge in [-0.2, -0.15) is 0 Å². The summed E-state index contributed by atoms with van der Waals surface area (Å²) in [6.07, 6.45) is 11.8. The van der Waals surface area contributed by atoms with Gasteiger partial charge in [0.2, 0.25) is 0 Å². The van der Waals surface area contributed by atoms with E-state index in [-0.39, 0.29) is 19.2 Å². The fourth-order valence-corrected chi connectivity index (χ4v) is 4.23. The Morgan fingerprint density at radius 3 is 2.16 bits per heavy atom. The standard InChI is InChI=1S/C29H54O9/c1-3-5-7-8-9-10-11-12-13-14-15-17-19-35-21-23(37-25(31)18-16-6-4-2)22-36-29-28(34)27(33)26(32)24(20-30)38-29/h8-9,23-24,26-30,32-34H,3-7,10-22H2,1-2H3/b9-8-. The highest BCUT2D eigenvalue weighted by molar-refractivity contribution is 5.69. The lowest BCUT2D eigenvalue weighted by atomic mass is 9.99. The zero-order chi connectivity index (χ0) is 28.0. The van der Waals surface area contributed by atoms with E-state index < -0.39 is 43.4 Å². The van der Waals surface area contributed by atoms with Crippen LogP contribution < -0.4 is 0 Å². The van der Waals surface area contributed by atoms with Crippen LogP contribution in [0.1, 0.15) is 104 Å². The van der Waals surface area contributed by atoms with Crippen LogP contribution in [0, 0.1) is 0 Å². The third-order valence-electron chi connectivity index (χ3n) is 6.68. The van der Waals surface area contributed by atoms with E-state index in [2.05, 4.69) is 26.0 Å². The molecule has 0 amide bonds. The summed E-state index contributed by atoms with van der Waals surface area (Å²) in [4.78, 5) is 12.3. The minimum absolute atomic E-state index is 0.116. The maximum atomic E-state index is 12.3. The monoisotopic (exact) mass is 546 g/mol. The van der Waals surface area contributed by atoms with Crippen LogP contribution in [-0.4, -0.2) is 89.6 Å². The lowest BCUT2D eigenvalue weighted by Gasteiger charge is -2.39. The van der Waals surface area contributed by atoms with Crippen molar-refractivity contribution in [1.29, 1.82) is 0 Å². The number of hydrogen-bond donors (Lipinski definition) is 4. The van der Waals surface area contributed by atoms with Crippen molar-refractivity contribution >= 4 is 5.97 Å². The Morgan fingerprint density at radius 1 is 0.816 bits per heavy atom.